The highest BCUT2D eigenvalue weighted by atomic mass is 15.1. The van der Waals surface area contributed by atoms with Crippen LogP contribution in [0.4, 0.5) is 0 Å². The Morgan fingerprint density at radius 1 is 1.11 bits per heavy atom. The van der Waals surface area contributed by atoms with Crippen LogP contribution in [0.25, 0.3) is 10.9 Å². The van der Waals surface area contributed by atoms with Crippen molar-refractivity contribution >= 4 is 10.9 Å². The first kappa shape index (κ1) is 10.5. The summed E-state index contributed by atoms with van der Waals surface area (Å²) in [7, 11) is 0. The molecular formula is C15H11N3. The lowest BCUT2D eigenvalue weighted by Crippen LogP contribution is -1.89. The van der Waals surface area contributed by atoms with Crippen molar-refractivity contribution in [3.8, 4) is 6.07 Å². The molecule has 0 radical (unpaired) electrons. The van der Waals surface area contributed by atoms with E-state index in [2.05, 4.69) is 34.5 Å². The fraction of sp³-hybridized carbons (Fsp3) is 0.0667. The molecule has 0 amide bonds. The van der Waals surface area contributed by atoms with Gasteiger partial charge in [0.15, 0.2) is 0 Å². The van der Waals surface area contributed by atoms with Crippen LogP contribution in [0.2, 0.25) is 0 Å². The van der Waals surface area contributed by atoms with E-state index in [9.17, 15) is 0 Å². The molecule has 0 unspecified atom stereocenters. The van der Waals surface area contributed by atoms with E-state index in [0.29, 0.717) is 5.56 Å². The average Bonchev–Trinajstić information content (AvgIpc) is 2.86. The summed E-state index contributed by atoms with van der Waals surface area (Å²) in [5.41, 5.74) is 4.11. The molecule has 0 bridgehead atoms. The largest absolute Gasteiger partial charge is 0.278 e. The first-order valence-electron chi connectivity index (χ1n) is 5.76. The summed E-state index contributed by atoms with van der Waals surface area (Å²) in [6, 6.07) is 16.1. The Kier molecular flexibility index (Phi) is 2.54. The first-order valence-corrected chi connectivity index (χ1v) is 5.76. The van der Waals surface area contributed by atoms with Gasteiger partial charge in [-0.3, -0.25) is 5.10 Å². The fourth-order valence-corrected chi connectivity index (χ4v) is 2.08. The van der Waals surface area contributed by atoms with Gasteiger partial charge in [0, 0.05) is 5.39 Å². The molecule has 1 heterocycles. The normalized spacial score (nSPS) is 10.4. The lowest BCUT2D eigenvalue weighted by molar-refractivity contribution is 1.11. The van der Waals surface area contributed by atoms with Crippen LogP contribution in [-0.2, 0) is 6.42 Å². The zero-order valence-electron chi connectivity index (χ0n) is 9.72. The van der Waals surface area contributed by atoms with Gasteiger partial charge < -0.3 is 0 Å². The Balaban J connectivity index is 1.93. The van der Waals surface area contributed by atoms with Crippen LogP contribution in [0.15, 0.2) is 48.7 Å². The molecule has 0 atom stereocenters. The molecule has 0 aliphatic heterocycles. The smallest absolute Gasteiger partial charge is 0.0991 e. The lowest BCUT2D eigenvalue weighted by Gasteiger charge is -2.02. The topological polar surface area (TPSA) is 52.5 Å². The minimum atomic E-state index is 0.704. The van der Waals surface area contributed by atoms with E-state index in [-0.39, 0.29) is 0 Å². The minimum absolute atomic E-state index is 0.704. The number of hydrogen-bond donors (Lipinski definition) is 1. The number of rotatable bonds is 2. The fourth-order valence-electron chi connectivity index (χ4n) is 2.08. The summed E-state index contributed by atoms with van der Waals surface area (Å²) >= 11 is 0. The van der Waals surface area contributed by atoms with Crippen molar-refractivity contribution in [2.24, 2.45) is 0 Å². The van der Waals surface area contributed by atoms with E-state index >= 15 is 0 Å². The van der Waals surface area contributed by atoms with Crippen molar-refractivity contribution in [2.45, 2.75) is 6.42 Å². The molecule has 0 aliphatic rings. The van der Waals surface area contributed by atoms with Crippen LogP contribution < -0.4 is 0 Å². The second-order valence-corrected chi connectivity index (χ2v) is 4.28. The van der Waals surface area contributed by atoms with Gasteiger partial charge in [-0.05, 0) is 35.7 Å². The molecule has 18 heavy (non-hydrogen) atoms. The van der Waals surface area contributed by atoms with Crippen molar-refractivity contribution in [2.75, 3.05) is 0 Å². The zero-order valence-corrected chi connectivity index (χ0v) is 9.72. The number of benzene rings is 2. The van der Waals surface area contributed by atoms with Gasteiger partial charge in [-0.25, -0.2) is 0 Å². The second-order valence-electron chi connectivity index (χ2n) is 4.28. The van der Waals surface area contributed by atoms with Gasteiger partial charge >= 0.3 is 0 Å². The van der Waals surface area contributed by atoms with Crippen LogP contribution in [0.5, 0.6) is 0 Å². The van der Waals surface area contributed by atoms with Crippen molar-refractivity contribution < 1.29 is 0 Å². The molecule has 3 aromatic rings. The van der Waals surface area contributed by atoms with Gasteiger partial charge in [0.25, 0.3) is 0 Å². The Hall–Kier alpha value is -2.60. The van der Waals surface area contributed by atoms with E-state index in [1.807, 2.05) is 30.5 Å². The lowest BCUT2D eigenvalue weighted by atomic mass is 10.0. The van der Waals surface area contributed by atoms with Gasteiger partial charge in [0.05, 0.1) is 23.3 Å². The highest BCUT2D eigenvalue weighted by molar-refractivity contribution is 5.78. The first-order chi connectivity index (χ1) is 8.85. The van der Waals surface area contributed by atoms with E-state index in [0.717, 1.165) is 22.9 Å². The van der Waals surface area contributed by atoms with Crippen molar-refractivity contribution in [3.05, 3.63) is 65.4 Å². The summed E-state index contributed by atoms with van der Waals surface area (Å²) < 4.78 is 0. The van der Waals surface area contributed by atoms with Crippen LogP contribution in [0.1, 0.15) is 16.7 Å². The highest BCUT2D eigenvalue weighted by Crippen LogP contribution is 2.16. The Labute approximate surface area is 105 Å². The number of nitrogens with zero attached hydrogens (tertiary/aromatic N) is 2. The molecule has 3 nitrogen and oxygen atoms in total. The van der Waals surface area contributed by atoms with Crippen LogP contribution in [0, 0.1) is 11.3 Å². The molecule has 0 aliphatic carbocycles. The molecule has 3 heteroatoms. The maximum absolute atomic E-state index is 8.88. The molecule has 1 aromatic heterocycles. The second kappa shape index (κ2) is 4.34. The molecule has 1 N–H and O–H groups in total. The van der Waals surface area contributed by atoms with Crippen LogP contribution in [-0.4, -0.2) is 10.2 Å². The average molecular weight is 233 g/mol. The monoisotopic (exact) mass is 233 g/mol. The number of nitrogens with one attached hydrogen (secondary N) is 1. The van der Waals surface area contributed by atoms with Gasteiger partial charge in [-0.2, -0.15) is 10.4 Å². The van der Waals surface area contributed by atoms with Crippen LogP contribution >= 0.6 is 0 Å². The molecule has 0 saturated heterocycles. The van der Waals surface area contributed by atoms with Crippen LogP contribution in [0.3, 0.4) is 0 Å². The summed E-state index contributed by atoms with van der Waals surface area (Å²) in [6.07, 6.45) is 2.64. The number of nitriles is 1. The number of fused-ring (bicyclic) bond motifs is 1. The van der Waals surface area contributed by atoms with E-state index in [4.69, 9.17) is 5.26 Å². The highest BCUT2D eigenvalue weighted by Gasteiger charge is 2.01. The third-order valence-corrected chi connectivity index (χ3v) is 2.97. The minimum Gasteiger partial charge on any atom is -0.278 e. The zero-order chi connectivity index (χ0) is 12.4. The molecule has 2 aromatic carbocycles. The standard InChI is InChI=1S/C15H11N3/c16-9-13-3-1-2-11(7-13)6-12-4-5-14-10-17-18-15(14)8-12/h1-5,7-8,10H,6H2,(H,17,18). The molecule has 86 valence electrons. The summed E-state index contributed by atoms with van der Waals surface area (Å²) in [5, 5.41) is 17.0. The van der Waals surface area contributed by atoms with E-state index < -0.39 is 0 Å². The molecule has 0 fully saturated rings. The van der Waals surface area contributed by atoms with E-state index in [1.54, 1.807) is 0 Å². The van der Waals surface area contributed by atoms with Gasteiger partial charge in [-0.15, -0.1) is 0 Å². The van der Waals surface area contributed by atoms with Gasteiger partial charge in [0.2, 0.25) is 0 Å². The Morgan fingerprint density at radius 2 is 2.00 bits per heavy atom. The third-order valence-electron chi connectivity index (χ3n) is 2.97. The molecule has 0 spiro atoms. The van der Waals surface area contributed by atoms with Gasteiger partial charge in [0.1, 0.15) is 0 Å². The number of aromatic amines is 1. The molecule has 3 rings (SSSR count). The van der Waals surface area contributed by atoms with Gasteiger partial charge in [-0.1, -0.05) is 24.3 Å². The molecule has 0 saturated carbocycles. The SMILES string of the molecule is N#Cc1cccc(Cc2ccc3cn[nH]c3c2)c1. The Bertz CT molecular complexity index is 735. The quantitative estimate of drug-likeness (QED) is 0.739. The summed E-state index contributed by atoms with van der Waals surface area (Å²) in [4.78, 5) is 0. The van der Waals surface area contributed by atoms with Crippen molar-refractivity contribution in [3.63, 3.8) is 0 Å². The summed E-state index contributed by atoms with van der Waals surface area (Å²) in [5.74, 6) is 0. The van der Waals surface area contributed by atoms with E-state index in [1.165, 1.54) is 5.56 Å². The third kappa shape index (κ3) is 1.96. The predicted octanol–water partition coefficient (Wildman–Crippen LogP) is 3.03. The number of H-pyrrole nitrogens is 1. The maximum Gasteiger partial charge on any atom is 0.0991 e. The van der Waals surface area contributed by atoms with Crippen molar-refractivity contribution in [1.29, 1.82) is 5.26 Å². The van der Waals surface area contributed by atoms with Crippen molar-refractivity contribution in [1.82, 2.24) is 10.2 Å². The number of aromatic nitrogens is 2. The summed E-state index contributed by atoms with van der Waals surface area (Å²) in [6.45, 7) is 0. The molecular weight excluding hydrogens is 222 g/mol. The number of hydrogen-bond acceptors (Lipinski definition) is 2. The Morgan fingerprint density at radius 3 is 2.89 bits per heavy atom. The predicted molar refractivity (Wildman–Crippen MR) is 70.1 cm³/mol. The maximum atomic E-state index is 8.88.